The third kappa shape index (κ3) is 5.39. The van der Waals surface area contributed by atoms with Crippen LogP contribution in [0.15, 0.2) is 18.2 Å². The highest BCUT2D eigenvalue weighted by atomic mass is 28.4. The monoisotopic (exact) mass is 338 g/mol. The van der Waals surface area contributed by atoms with E-state index in [1.807, 2.05) is 13.1 Å². The highest BCUT2D eigenvalue weighted by Crippen LogP contribution is 2.37. The number of ether oxygens (including phenoxy) is 2. The minimum atomic E-state index is -2.14. The summed E-state index contributed by atoms with van der Waals surface area (Å²) in [7, 11) is -0.645. The average molecular weight is 338 g/mol. The Morgan fingerprint density at radius 2 is 1.74 bits per heavy atom. The van der Waals surface area contributed by atoms with Gasteiger partial charge in [-0.3, -0.25) is 9.59 Å². The number of rotatable bonds is 5. The molecule has 1 aromatic carbocycles. The summed E-state index contributed by atoms with van der Waals surface area (Å²) in [5.41, 5.74) is 0.714. The fourth-order valence-electron chi connectivity index (χ4n) is 1.71. The molecular formula is C17H26O5Si. The second-order valence-corrected chi connectivity index (χ2v) is 11.7. The summed E-state index contributed by atoms with van der Waals surface area (Å²) in [5, 5.41) is -0.0362. The highest BCUT2D eigenvalue weighted by Gasteiger charge is 2.40. The summed E-state index contributed by atoms with van der Waals surface area (Å²) in [4.78, 5) is 23.4. The maximum Gasteiger partial charge on any atom is 0.308 e. The molecule has 0 heterocycles. The third-order valence-electron chi connectivity index (χ3n) is 4.01. The second-order valence-electron chi connectivity index (χ2n) is 6.99. The van der Waals surface area contributed by atoms with Crippen LogP contribution in [0, 0.1) is 0 Å². The van der Waals surface area contributed by atoms with E-state index in [0.29, 0.717) is 17.1 Å². The minimum Gasteiger partial charge on any atom is -0.519 e. The van der Waals surface area contributed by atoms with Crippen molar-refractivity contribution in [1.29, 1.82) is 0 Å². The van der Waals surface area contributed by atoms with Crippen LogP contribution in [0.1, 0.15) is 33.3 Å². The van der Waals surface area contributed by atoms with Crippen LogP contribution in [0.3, 0.4) is 0 Å². The number of esters is 1. The molecule has 5 nitrogen and oxygen atoms in total. The number of carbonyl (C=O) groups is 2. The summed E-state index contributed by atoms with van der Waals surface area (Å²) in [6.45, 7) is 11.6. The Hall–Kier alpha value is -1.82. The first-order valence-corrected chi connectivity index (χ1v) is 10.4. The van der Waals surface area contributed by atoms with Crippen LogP contribution in [-0.4, -0.2) is 27.4 Å². The van der Waals surface area contributed by atoms with E-state index in [0.717, 1.165) is 0 Å². The summed E-state index contributed by atoms with van der Waals surface area (Å²) >= 11 is 0. The zero-order valence-corrected chi connectivity index (χ0v) is 16.0. The molecule has 0 saturated carbocycles. The van der Waals surface area contributed by atoms with Gasteiger partial charge in [-0.15, -0.1) is 0 Å². The Morgan fingerprint density at radius 3 is 2.22 bits per heavy atom. The lowest BCUT2D eigenvalue weighted by molar-refractivity contribution is -0.134. The van der Waals surface area contributed by atoms with Gasteiger partial charge in [0.2, 0.25) is 0 Å². The molecule has 0 saturated heterocycles. The molecule has 0 aliphatic carbocycles. The third-order valence-corrected chi connectivity index (χ3v) is 8.36. The van der Waals surface area contributed by atoms with Crippen LogP contribution in [0.5, 0.6) is 11.5 Å². The molecule has 0 unspecified atom stereocenters. The molecule has 23 heavy (non-hydrogen) atoms. The van der Waals surface area contributed by atoms with E-state index in [9.17, 15) is 9.59 Å². The Kier molecular flexibility index (Phi) is 5.99. The lowest BCUT2D eigenvalue weighted by atomic mass is 10.1. The topological polar surface area (TPSA) is 61.8 Å². The molecular weight excluding hydrogens is 312 g/mol. The van der Waals surface area contributed by atoms with Gasteiger partial charge in [0.15, 0.2) is 11.5 Å². The Labute approximate surface area is 139 Å². The number of hydrogen-bond acceptors (Lipinski definition) is 5. The minimum absolute atomic E-state index is 0.0362. The predicted octanol–water partition coefficient (Wildman–Crippen LogP) is 3.71. The molecule has 0 fully saturated rings. The first-order chi connectivity index (χ1) is 10.5. The Bertz CT molecular complexity index is 587. The molecule has 0 aliphatic heterocycles. The van der Waals surface area contributed by atoms with E-state index >= 15 is 0 Å². The SMILES string of the molecule is COc1ccc(CC(=O)O[Si](C)(C)C(C)(C)C)cc1OC(C)=O. The molecule has 0 bridgehead atoms. The van der Waals surface area contributed by atoms with Crippen molar-refractivity contribution in [3.8, 4) is 11.5 Å². The van der Waals surface area contributed by atoms with Gasteiger partial charge in [0.25, 0.3) is 14.3 Å². The van der Waals surface area contributed by atoms with Crippen LogP contribution >= 0.6 is 0 Å². The molecule has 1 aromatic rings. The van der Waals surface area contributed by atoms with E-state index in [4.69, 9.17) is 13.9 Å². The molecule has 0 aliphatic rings. The normalized spacial score (nSPS) is 11.8. The molecule has 0 atom stereocenters. The van der Waals surface area contributed by atoms with Gasteiger partial charge in [-0.25, -0.2) is 0 Å². The smallest absolute Gasteiger partial charge is 0.308 e. The van der Waals surface area contributed by atoms with E-state index in [-0.39, 0.29) is 17.4 Å². The van der Waals surface area contributed by atoms with Gasteiger partial charge in [0, 0.05) is 6.92 Å². The molecule has 128 valence electrons. The largest absolute Gasteiger partial charge is 0.519 e. The van der Waals surface area contributed by atoms with Crippen molar-refractivity contribution in [2.75, 3.05) is 7.11 Å². The van der Waals surface area contributed by atoms with Gasteiger partial charge in [0.05, 0.1) is 13.5 Å². The second kappa shape index (κ2) is 7.17. The fourth-order valence-corrected chi connectivity index (χ4v) is 2.65. The number of benzene rings is 1. The van der Waals surface area contributed by atoms with E-state index < -0.39 is 14.3 Å². The van der Waals surface area contributed by atoms with Crippen molar-refractivity contribution >= 4 is 20.3 Å². The molecule has 0 radical (unpaired) electrons. The lowest BCUT2D eigenvalue weighted by Crippen LogP contribution is -2.43. The zero-order valence-electron chi connectivity index (χ0n) is 15.0. The molecule has 0 N–H and O–H groups in total. The number of carbonyl (C=O) groups excluding carboxylic acids is 2. The molecule has 0 spiro atoms. The summed E-state index contributed by atoms with van der Waals surface area (Å²) < 4.78 is 16.0. The van der Waals surface area contributed by atoms with Crippen LogP contribution < -0.4 is 9.47 Å². The van der Waals surface area contributed by atoms with Gasteiger partial charge in [-0.05, 0) is 35.8 Å². The van der Waals surface area contributed by atoms with Gasteiger partial charge in [0.1, 0.15) is 0 Å². The van der Waals surface area contributed by atoms with Gasteiger partial charge >= 0.3 is 5.97 Å². The van der Waals surface area contributed by atoms with Crippen LogP contribution in [0.2, 0.25) is 18.1 Å². The van der Waals surface area contributed by atoms with Crippen LogP contribution in [-0.2, 0) is 20.4 Å². The van der Waals surface area contributed by atoms with Crippen molar-refractivity contribution in [2.45, 2.75) is 52.2 Å². The maximum absolute atomic E-state index is 12.2. The molecule has 1 rings (SSSR count). The van der Waals surface area contributed by atoms with Crippen molar-refractivity contribution in [1.82, 2.24) is 0 Å². The Balaban J connectivity index is 2.89. The van der Waals surface area contributed by atoms with Crippen LogP contribution in [0.25, 0.3) is 0 Å². The van der Waals surface area contributed by atoms with E-state index in [1.54, 1.807) is 18.2 Å². The number of methoxy groups -OCH3 is 1. The quantitative estimate of drug-likeness (QED) is 0.465. The van der Waals surface area contributed by atoms with Crippen LogP contribution in [0.4, 0.5) is 0 Å². The number of hydrogen-bond donors (Lipinski definition) is 0. The van der Waals surface area contributed by atoms with Crippen molar-refractivity contribution in [3.63, 3.8) is 0 Å². The predicted molar refractivity (Wildman–Crippen MR) is 91.3 cm³/mol. The summed E-state index contributed by atoms with van der Waals surface area (Å²) in [6, 6.07) is 5.07. The van der Waals surface area contributed by atoms with E-state index in [2.05, 4.69) is 20.8 Å². The molecule has 0 aromatic heterocycles. The lowest BCUT2D eigenvalue weighted by Gasteiger charge is -2.35. The van der Waals surface area contributed by atoms with Gasteiger partial charge in [-0.1, -0.05) is 26.8 Å². The fraction of sp³-hybridized carbons (Fsp3) is 0.529. The highest BCUT2D eigenvalue weighted by molar-refractivity contribution is 6.75. The van der Waals surface area contributed by atoms with Crippen molar-refractivity contribution in [3.05, 3.63) is 23.8 Å². The van der Waals surface area contributed by atoms with Crippen molar-refractivity contribution < 1.29 is 23.5 Å². The first-order valence-electron chi connectivity index (χ1n) is 7.53. The maximum atomic E-state index is 12.2. The molecule has 0 amide bonds. The van der Waals surface area contributed by atoms with Crippen molar-refractivity contribution in [2.24, 2.45) is 0 Å². The summed E-state index contributed by atoms with van der Waals surface area (Å²) in [5.74, 6) is 0.0409. The molecule has 6 heteroatoms. The Morgan fingerprint density at radius 1 is 1.13 bits per heavy atom. The summed E-state index contributed by atoms with van der Waals surface area (Å²) in [6.07, 6.45) is 0.130. The van der Waals surface area contributed by atoms with E-state index in [1.165, 1.54) is 14.0 Å². The van der Waals surface area contributed by atoms with Gasteiger partial charge < -0.3 is 13.9 Å². The standard InChI is InChI=1S/C17H26O5Si/c1-12(18)21-15-10-13(8-9-14(15)20-5)11-16(19)22-23(6,7)17(2,3)4/h8-10H,11H2,1-7H3. The first kappa shape index (κ1) is 19.2. The van der Waals surface area contributed by atoms with Gasteiger partial charge in [-0.2, -0.15) is 0 Å². The average Bonchev–Trinajstić information content (AvgIpc) is 2.36. The zero-order chi connectivity index (χ0) is 17.8.